The van der Waals surface area contributed by atoms with Gasteiger partial charge in [0, 0.05) is 39.1 Å². The van der Waals surface area contributed by atoms with E-state index >= 15 is 0 Å². The molecule has 100 valence electrons. The van der Waals surface area contributed by atoms with E-state index in [0.717, 1.165) is 32.5 Å². The summed E-state index contributed by atoms with van der Waals surface area (Å²) in [6, 6.07) is 2.21. The zero-order chi connectivity index (χ0) is 13.0. The van der Waals surface area contributed by atoms with Gasteiger partial charge in [-0.15, -0.1) is 0 Å². The van der Waals surface area contributed by atoms with Crippen molar-refractivity contribution in [1.29, 1.82) is 5.26 Å². The standard InChI is InChI=1S/C13H22N4O/c1-2-16-12(18)11-9-15-7-8-17(11)10-13(3-4-13)5-6-14/h11,15H,2-5,7-10H2,1H3,(H,16,18). The molecule has 1 aliphatic heterocycles. The Kier molecular flexibility index (Phi) is 4.20. The van der Waals surface area contributed by atoms with Crippen LogP contribution in [0.25, 0.3) is 0 Å². The molecule has 0 spiro atoms. The topological polar surface area (TPSA) is 68.2 Å². The van der Waals surface area contributed by atoms with E-state index in [1.165, 1.54) is 0 Å². The van der Waals surface area contributed by atoms with Crippen LogP contribution in [0.4, 0.5) is 0 Å². The second-order valence-corrected chi connectivity index (χ2v) is 5.42. The minimum atomic E-state index is -0.0742. The first-order chi connectivity index (χ1) is 8.71. The number of amides is 1. The van der Waals surface area contributed by atoms with Gasteiger partial charge >= 0.3 is 0 Å². The van der Waals surface area contributed by atoms with E-state index in [2.05, 4.69) is 21.6 Å². The van der Waals surface area contributed by atoms with Gasteiger partial charge in [-0.05, 0) is 25.2 Å². The average molecular weight is 250 g/mol. The molecule has 1 atom stereocenters. The van der Waals surface area contributed by atoms with Gasteiger partial charge in [0.2, 0.25) is 5.91 Å². The number of rotatable bonds is 5. The van der Waals surface area contributed by atoms with Crippen molar-refractivity contribution in [3.63, 3.8) is 0 Å². The molecule has 2 fully saturated rings. The number of nitrogens with one attached hydrogen (secondary N) is 2. The van der Waals surface area contributed by atoms with Crippen LogP contribution in [-0.2, 0) is 4.79 Å². The van der Waals surface area contributed by atoms with Gasteiger partial charge < -0.3 is 10.6 Å². The van der Waals surface area contributed by atoms with Crippen molar-refractivity contribution in [2.75, 3.05) is 32.7 Å². The summed E-state index contributed by atoms with van der Waals surface area (Å²) in [4.78, 5) is 14.3. The molecule has 1 unspecified atom stereocenters. The number of nitrogens with zero attached hydrogens (tertiary/aromatic N) is 2. The largest absolute Gasteiger partial charge is 0.355 e. The summed E-state index contributed by atoms with van der Waals surface area (Å²) in [5, 5.41) is 15.0. The van der Waals surface area contributed by atoms with Crippen molar-refractivity contribution in [2.45, 2.75) is 32.2 Å². The molecular weight excluding hydrogens is 228 g/mol. The minimum Gasteiger partial charge on any atom is -0.355 e. The molecule has 0 aromatic carbocycles. The molecule has 18 heavy (non-hydrogen) atoms. The van der Waals surface area contributed by atoms with E-state index in [9.17, 15) is 4.79 Å². The Morgan fingerprint density at radius 1 is 1.61 bits per heavy atom. The number of carbonyl (C=O) groups is 1. The van der Waals surface area contributed by atoms with Crippen LogP contribution in [0.15, 0.2) is 0 Å². The monoisotopic (exact) mass is 250 g/mol. The molecule has 5 nitrogen and oxygen atoms in total. The van der Waals surface area contributed by atoms with Gasteiger partial charge in [-0.2, -0.15) is 5.26 Å². The fraction of sp³-hybridized carbons (Fsp3) is 0.846. The van der Waals surface area contributed by atoms with E-state index in [0.29, 0.717) is 19.5 Å². The molecule has 0 radical (unpaired) electrons. The van der Waals surface area contributed by atoms with Crippen LogP contribution in [-0.4, -0.2) is 49.6 Å². The molecule has 2 aliphatic rings. The molecule has 0 bridgehead atoms. The lowest BCUT2D eigenvalue weighted by Crippen LogP contribution is -2.58. The summed E-state index contributed by atoms with van der Waals surface area (Å²) in [6.07, 6.45) is 2.89. The molecule has 1 heterocycles. The van der Waals surface area contributed by atoms with Gasteiger partial charge in [0.25, 0.3) is 0 Å². The molecular formula is C13H22N4O. The highest BCUT2D eigenvalue weighted by atomic mass is 16.2. The number of hydrogen-bond acceptors (Lipinski definition) is 4. The van der Waals surface area contributed by atoms with E-state index in [-0.39, 0.29) is 17.4 Å². The number of likely N-dealkylation sites (N-methyl/N-ethyl adjacent to an activating group) is 1. The van der Waals surface area contributed by atoms with E-state index < -0.39 is 0 Å². The molecule has 1 saturated heterocycles. The summed E-state index contributed by atoms with van der Waals surface area (Å²) < 4.78 is 0. The summed E-state index contributed by atoms with van der Waals surface area (Å²) in [6.45, 7) is 6.05. The molecule has 2 N–H and O–H groups in total. The Morgan fingerprint density at radius 2 is 2.39 bits per heavy atom. The van der Waals surface area contributed by atoms with Crippen molar-refractivity contribution in [2.24, 2.45) is 5.41 Å². The number of piperazine rings is 1. The van der Waals surface area contributed by atoms with Gasteiger partial charge in [0.05, 0.1) is 6.07 Å². The zero-order valence-corrected chi connectivity index (χ0v) is 11.0. The highest BCUT2D eigenvalue weighted by Crippen LogP contribution is 2.49. The fourth-order valence-electron chi connectivity index (χ4n) is 2.65. The average Bonchev–Trinajstić information content (AvgIpc) is 3.10. The van der Waals surface area contributed by atoms with Crippen LogP contribution in [0.3, 0.4) is 0 Å². The normalized spacial score (nSPS) is 26.3. The highest BCUT2D eigenvalue weighted by Gasteiger charge is 2.45. The molecule has 0 aromatic rings. The lowest BCUT2D eigenvalue weighted by Gasteiger charge is -2.37. The van der Waals surface area contributed by atoms with E-state index in [4.69, 9.17) is 5.26 Å². The van der Waals surface area contributed by atoms with Crippen molar-refractivity contribution < 1.29 is 4.79 Å². The van der Waals surface area contributed by atoms with Crippen molar-refractivity contribution in [3.8, 4) is 6.07 Å². The highest BCUT2D eigenvalue weighted by molar-refractivity contribution is 5.82. The maximum Gasteiger partial charge on any atom is 0.238 e. The molecule has 2 rings (SSSR count). The Morgan fingerprint density at radius 3 is 3.00 bits per heavy atom. The van der Waals surface area contributed by atoms with Crippen LogP contribution in [0.5, 0.6) is 0 Å². The zero-order valence-electron chi connectivity index (χ0n) is 11.0. The van der Waals surface area contributed by atoms with E-state index in [1.807, 2.05) is 6.92 Å². The predicted molar refractivity (Wildman–Crippen MR) is 68.8 cm³/mol. The second kappa shape index (κ2) is 5.68. The van der Waals surface area contributed by atoms with Crippen LogP contribution in [0.2, 0.25) is 0 Å². The summed E-state index contributed by atoms with van der Waals surface area (Å²) in [7, 11) is 0. The SMILES string of the molecule is CCNC(=O)C1CNCCN1CC1(CC#N)CC1. The smallest absolute Gasteiger partial charge is 0.238 e. The predicted octanol–water partition coefficient (Wildman–Crippen LogP) is 0.0902. The third kappa shape index (κ3) is 3.01. The Bertz CT molecular complexity index is 345. The van der Waals surface area contributed by atoms with Gasteiger partial charge in [0.1, 0.15) is 6.04 Å². The Balaban J connectivity index is 1.96. The molecule has 1 aliphatic carbocycles. The molecule has 0 aromatic heterocycles. The fourth-order valence-corrected chi connectivity index (χ4v) is 2.65. The summed E-state index contributed by atoms with van der Waals surface area (Å²) in [5.41, 5.74) is 0.177. The van der Waals surface area contributed by atoms with Gasteiger partial charge in [-0.25, -0.2) is 0 Å². The van der Waals surface area contributed by atoms with Crippen LogP contribution in [0, 0.1) is 16.7 Å². The number of hydrogen-bond donors (Lipinski definition) is 2. The first-order valence-corrected chi connectivity index (χ1v) is 6.80. The third-order valence-corrected chi connectivity index (χ3v) is 3.96. The van der Waals surface area contributed by atoms with E-state index in [1.54, 1.807) is 0 Å². The summed E-state index contributed by atoms with van der Waals surface area (Å²) in [5.74, 6) is 0.109. The first kappa shape index (κ1) is 13.3. The second-order valence-electron chi connectivity index (χ2n) is 5.42. The lowest BCUT2D eigenvalue weighted by atomic mass is 10.0. The van der Waals surface area contributed by atoms with Crippen LogP contribution < -0.4 is 10.6 Å². The lowest BCUT2D eigenvalue weighted by molar-refractivity contribution is -0.127. The number of nitriles is 1. The van der Waals surface area contributed by atoms with Crippen LogP contribution >= 0.6 is 0 Å². The summed E-state index contributed by atoms with van der Waals surface area (Å²) >= 11 is 0. The quantitative estimate of drug-likeness (QED) is 0.725. The maximum absolute atomic E-state index is 12.0. The van der Waals surface area contributed by atoms with Gasteiger partial charge in [0.15, 0.2) is 0 Å². The van der Waals surface area contributed by atoms with Crippen molar-refractivity contribution >= 4 is 5.91 Å². The van der Waals surface area contributed by atoms with Gasteiger partial charge in [-0.1, -0.05) is 0 Å². The van der Waals surface area contributed by atoms with Crippen molar-refractivity contribution in [3.05, 3.63) is 0 Å². The molecule has 5 heteroatoms. The minimum absolute atomic E-state index is 0.0742. The Hall–Kier alpha value is -1.12. The van der Waals surface area contributed by atoms with Crippen LogP contribution in [0.1, 0.15) is 26.2 Å². The van der Waals surface area contributed by atoms with Gasteiger partial charge in [-0.3, -0.25) is 9.69 Å². The third-order valence-electron chi connectivity index (χ3n) is 3.96. The molecule has 1 saturated carbocycles. The number of carbonyl (C=O) groups excluding carboxylic acids is 1. The Labute approximate surface area is 109 Å². The maximum atomic E-state index is 12.0. The molecule has 1 amide bonds. The first-order valence-electron chi connectivity index (χ1n) is 6.80. The van der Waals surface area contributed by atoms with Crippen molar-refractivity contribution in [1.82, 2.24) is 15.5 Å².